The predicted octanol–water partition coefficient (Wildman–Crippen LogP) is 1.20. The molecule has 0 spiro atoms. The van der Waals surface area contributed by atoms with Gasteiger partial charge in [0.25, 0.3) is 0 Å². The Kier molecular flexibility index (Phi) is 3.40. The van der Waals surface area contributed by atoms with Crippen LogP contribution in [0.2, 0.25) is 12.5 Å². The zero-order valence-electron chi connectivity index (χ0n) is 7.61. The Labute approximate surface area is 85.3 Å². The second-order valence-corrected chi connectivity index (χ2v) is 12.8. The maximum atomic E-state index is 3.94. The summed E-state index contributed by atoms with van der Waals surface area (Å²) in [5, 5.41) is 13.9. The van der Waals surface area contributed by atoms with Crippen LogP contribution < -0.4 is 0 Å². The number of tetrazole rings is 1. The van der Waals surface area contributed by atoms with Crippen molar-refractivity contribution in [2.75, 3.05) is 0 Å². The number of nitrogens with zero attached hydrogens (tertiary/aromatic N) is 3. The molecule has 0 aliphatic carbocycles. The number of hydrogen-bond donors (Lipinski definition) is 1. The molecule has 1 aliphatic heterocycles. The number of hydrogen-bond acceptors (Lipinski definition) is 3. The zero-order chi connectivity index (χ0) is 8.93. The second-order valence-electron chi connectivity index (χ2n) is 3.53. The molecule has 0 saturated carbocycles. The van der Waals surface area contributed by atoms with Crippen LogP contribution >= 0.6 is 0 Å². The number of rotatable bonds is 4. The molecule has 0 bridgehead atoms. The summed E-state index contributed by atoms with van der Waals surface area (Å²) in [6, 6.07) is 0. The number of aromatic nitrogens is 4. The number of allylic oxidation sites excluding steroid dienone is 2. The van der Waals surface area contributed by atoms with Gasteiger partial charge >= 0.3 is 85.4 Å². The van der Waals surface area contributed by atoms with E-state index in [-0.39, 0.29) is 0 Å². The molecule has 5 heteroatoms. The fourth-order valence-electron chi connectivity index (χ4n) is 1.75. The van der Waals surface area contributed by atoms with Crippen molar-refractivity contribution in [3.8, 4) is 0 Å². The molecular weight excluding hydrogens is 267 g/mol. The van der Waals surface area contributed by atoms with Crippen molar-refractivity contribution < 1.29 is 0 Å². The van der Waals surface area contributed by atoms with Crippen molar-refractivity contribution in [3.05, 3.63) is 18.0 Å². The molecule has 0 saturated heterocycles. The molecule has 0 atom stereocenters. The van der Waals surface area contributed by atoms with Gasteiger partial charge in [0, 0.05) is 0 Å². The van der Waals surface area contributed by atoms with E-state index in [1.165, 1.54) is 19.0 Å². The maximum absolute atomic E-state index is 3.94. The molecule has 13 heavy (non-hydrogen) atoms. The van der Waals surface area contributed by atoms with Crippen LogP contribution in [0, 0.1) is 0 Å². The van der Waals surface area contributed by atoms with Crippen LogP contribution in [0.25, 0.3) is 0 Å². The molecule has 0 amide bonds. The molecule has 0 fully saturated rings. The summed E-state index contributed by atoms with van der Waals surface area (Å²) < 4.78 is 4.42. The van der Waals surface area contributed by atoms with Gasteiger partial charge in [-0.25, -0.2) is 0 Å². The van der Waals surface area contributed by atoms with Crippen LogP contribution in [-0.4, -0.2) is 42.1 Å². The summed E-state index contributed by atoms with van der Waals surface area (Å²) in [7, 11) is 0. The first-order valence-corrected chi connectivity index (χ1v) is 11.8. The van der Waals surface area contributed by atoms with Crippen molar-refractivity contribution >= 4 is 21.4 Å². The van der Waals surface area contributed by atoms with Gasteiger partial charge in [0.15, 0.2) is 0 Å². The standard InChI is InChI=1S/C4H7N4.C4H6.In/c1-2-3-4-5-7-8-6-4;1-3-4-2;/h1-3H2,(H,5,6,7,8);3-4H,1-2H2;. The first kappa shape index (κ1) is 9.24. The third-order valence-electron chi connectivity index (χ3n) is 2.51. The molecule has 0 aromatic carbocycles. The van der Waals surface area contributed by atoms with E-state index < -0.39 is 21.4 Å². The number of H-pyrrole nitrogens is 1. The van der Waals surface area contributed by atoms with E-state index in [0.717, 1.165) is 12.2 Å². The van der Waals surface area contributed by atoms with Gasteiger partial charge in [0.05, 0.1) is 0 Å². The summed E-state index contributed by atoms with van der Waals surface area (Å²) in [6.45, 7) is 0. The van der Waals surface area contributed by atoms with E-state index in [2.05, 4.69) is 32.8 Å². The minimum atomic E-state index is -1.05. The molecule has 0 unspecified atom stereocenters. The number of aromatic amines is 1. The molecule has 0 radical (unpaired) electrons. The van der Waals surface area contributed by atoms with E-state index in [4.69, 9.17) is 0 Å². The van der Waals surface area contributed by atoms with Gasteiger partial charge in [0.2, 0.25) is 0 Å². The van der Waals surface area contributed by atoms with Gasteiger partial charge in [-0.1, -0.05) is 0 Å². The van der Waals surface area contributed by atoms with Crippen molar-refractivity contribution in [1.29, 1.82) is 0 Å². The normalized spacial score (nSPS) is 15.5. The molecule has 2 heterocycles. The van der Waals surface area contributed by atoms with Gasteiger partial charge < -0.3 is 0 Å². The quantitative estimate of drug-likeness (QED) is 0.843. The SMILES string of the molecule is C1=C[CH2][In]([CH2]CCc2nn[nH]n2)[CH2]1. The first-order chi connectivity index (χ1) is 6.45. The van der Waals surface area contributed by atoms with Gasteiger partial charge in [-0.3, -0.25) is 0 Å². The Morgan fingerprint density at radius 1 is 1.38 bits per heavy atom. The van der Waals surface area contributed by atoms with Crippen molar-refractivity contribution in [2.45, 2.75) is 25.4 Å². The molecular formula is C8H13InN4. The molecule has 1 aromatic heterocycles. The van der Waals surface area contributed by atoms with Crippen molar-refractivity contribution in [2.24, 2.45) is 0 Å². The van der Waals surface area contributed by atoms with Gasteiger partial charge in [0.1, 0.15) is 0 Å². The zero-order valence-corrected chi connectivity index (χ0v) is 10.9. The Morgan fingerprint density at radius 2 is 2.23 bits per heavy atom. The van der Waals surface area contributed by atoms with Crippen LogP contribution in [0.15, 0.2) is 12.2 Å². The molecule has 1 aliphatic rings. The average molecular weight is 280 g/mol. The van der Waals surface area contributed by atoms with Crippen LogP contribution in [0.3, 0.4) is 0 Å². The average Bonchev–Trinajstić information content (AvgIpc) is 2.75. The van der Waals surface area contributed by atoms with Crippen LogP contribution in [0.5, 0.6) is 0 Å². The second kappa shape index (κ2) is 4.79. The van der Waals surface area contributed by atoms with Crippen molar-refractivity contribution in [1.82, 2.24) is 20.6 Å². The van der Waals surface area contributed by atoms with E-state index in [1.807, 2.05) is 0 Å². The van der Waals surface area contributed by atoms with Crippen molar-refractivity contribution in [3.63, 3.8) is 0 Å². The third kappa shape index (κ3) is 2.83. The predicted molar refractivity (Wildman–Crippen MR) is 51.8 cm³/mol. The molecule has 1 N–H and O–H groups in total. The van der Waals surface area contributed by atoms with Gasteiger partial charge in [-0.15, -0.1) is 0 Å². The third-order valence-corrected chi connectivity index (χ3v) is 11.4. The Bertz CT molecular complexity index is 262. The number of nitrogens with one attached hydrogen (secondary N) is 1. The molecule has 2 rings (SSSR count). The van der Waals surface area contributed by atoms with Crippen LogP contribution in [0.4, 0.5) is 0 Å². The van der Waals surface area contributed by atoms with E-state index in [1.54, 1.807) is 0 Å². The van der Waals surface area contributed by atoms with Crippen LogP contribution in [0.1, 0.15) is 12.2 Å². The summed E-state index contributed by atoms with van der Waals surface area (Å²) in [5.74, 6) is 0.872. The Morgan fingerprint density at radius 3 is 2.92 bits per heavy atom. The Hall–Kier alpha value is -0.320. The van der Waals surface area contributed by atoms with E-state index in [9.17, 15) is 0 Å². The molecule has 4 nitrogen and oxygen atoms in total. The summed E-state index contributed by atoms with van der Waals surface area (Å²) >= 11 is -1.05. The molecule has 1 aromatic rings. The van der Waals surface area contributed by atoms with E-state index >= 15 is 0 Å². The summed E-state index contributed by atoms with van der Waals surface area (Å²) in [4.78, 5) is 0. The van der Waals surface area contributed by atoms with Crippen LogP contribution in [-0.2, 0) is 6.42 Å². The van der Waals surface area contributed by atoms with Gasteiger partial charge in [-0.05, 0) is 0 Å². The van der Waals surface area contributed by atoms with Gasteiger partial charge in [-0.2, -0.15) is 0 Å². The monoisotopic (exact) mass is 280 g/mol. The Balaban J connectivity index is 1.64. The summed E-state index contributed by atoms with van der Waals surface area (Å²) in [6.07, 6.45) is 7.01. The van der Waals surface area contributed by atoms with E-state index in [0.29, 0.717) is 0 Å². The fourth-order valence-corrected chi connectivity index (χ4v) is 9.17. The minimum absolute atomic E-state index is 0.872. The summed E-state index contributed by atoms with van der Waals surface area (Å²) in [5.41, 5.74) is 0. The first-order valence-electron chi connectivity index (χ1n) is 4.82. The topological polar surface area (TPSA) is 54.5 Å². The molecule has 68 valence electrons. The fraction of sp³-hybridized carbons (Fsp3) is 0.625. The number of aryl methyl sites for hydroxylation is 1.